The van der Waals surface area contributed by atoms with E-state index in [4.69, 9.17) is 14.5 Å². The molecule has 2 aromatic heterocycles. The van der Waals surface area contributed by atoms with Crippen LogP contribution >= 0.6 is 23.1 Å². The highest BCUT2D eigenvalue weighted by Gasteiger charge is 2.28. The van der Waals surface area contributed by atoms with E-state index in [1.54, 1.807) is 34.8 Å². The van der Waals surface area contributed by atoms with Gasteiger partial charge in [0.15, 0.2) is 5.16 Å². The first-order valence-corrected chi connectivity index (χ1v) is 12.6. The van der Waals surface area contributed by atoms with Crippen molar-refractivity contribution in [3.05, 3.63) is 45.1 Å². The Morgan fingerprint density at radius 3 is 2.65 bits per heavy atom. The average Bonchev–Trinajstić information content (AvgIpc) is 3.11. The number of rotatable bonds is 7. The van der Waals surface area contributed by atoms with Gasteiger partial charge in [0.2, 0.25) is 0 Å². The van der Waals surface area contributed by atoms with E-state index in [9.17, 15) is 4.79 Å². The van der Waals surface area contributed by atoms with Crippen LogP contribution in [0.25, 0.3) is 15.9 Å². The number of thiophene rings is 1. The van der Waals surface area contributed by atoms with E-state index in [2.05, 4.69) is 27.7 Å². The molecule has 0 aliphatic carbocycles. The van der Waals surface area contributed by atoms with Crippen LogP contribution in [0.1, 0.15) is 44.6 Å². The second-order valence-corrected chi connectivity index (χ2v) is 10.9. The normalized spacial score (nSPS) is 16.3. The molecule has 0 saturated heterocycles. The van der Waals surface area contributed by atoms with Crippen molar-refractivity contribution in [3.8, 4) is 11.4 Å². The summed E-state index contributed by atoms with van der Waals surface area (Å²) in [5.41, 5.74) is 1.97. The highest BCUT2D eigenvalue weighted by Crippen LogP contribution is 2.36. The van der Waals surface area contributed by atoms with Gasteiger partial charge >= 0.3 is 0 Å². The summed E-state index contributed by atoms with van der Waals surface area (Å²) in [6.07, 6.45) is 1.98. The molecule has 3 aromatic rings. The Morgan fingerprint density at radius 2 is 2.00 bits per heavy atom. The Bertz CT molecular complexity index is 1120. The molecule has 1 aromatic carbocycles. The van der Waals surface area contributed by atoms with E-state index < -0.39 is 0 Å². The number of nitrogens with zero attached hydrogens (tertiary/aromatic N) is 2. The van der Waals surface area contributed by atoms with Crippen molar-refractivity contribution >= 4 is 33.3 Å². The Balaban J connectivity index is 1.86. The maximum atomic E-state index is 13.9. The van der Waals surface area contributed by atoms with E-state index in [0.29, 0.717) is 18.4 Å². The molecule has 3 heterocycles. The molecule has 0 N–H and O–H groups in total. The van der Waals surface area contributed by atoms with Gasteiger partial charge in [-0.05, 0) is 48.1 Å². The number of fused-ring (bicyclic) bond motifs is 3. The molecule has 4 rings (SSSR count). The largest absolute Gasteiger partial charge is 0.497 e. The van der Waals surface area contributed by atoms with Crippen molar-refractivity contribution in [1.29, 1.82) is 0 Å². The maximum absolute atomic E-state index is 13.9. The van der Waals surface area contributed by atoms with Crippen LogP contribution in [0, 0.1) is 11.8 Å². The maximum Gasteiger partial charge on any atom is 0.267 e. The van der Waals surface area contributed by atoms with Crippen molar-refractivity contribution in [2.45, 2.75) is 58.4 Å². The monoisotopic (exact) mass is 458 g/mol. The van der Waals surface area contributed by atoms with Gasteiger partial charge in [-0.25, -0.2) is 4.98 Å². The number of methoxy groups -OCH3 is 1. The van der Waals surface area contributed by atoms with Gasteiger partial charge in [-0.1, -0.05) is 39.5 Å². The number of aromatic nitrogens is 2. The molecule has 31 heavy (non-hydrogen) atoms. The van der Waals surface area contributed by atoms with Crippen LogP contribution in [0.5, 0.6) is 5.75 Å². The molecule has 0 saturated carbocycles. The van der Waals surface area contributed by atoms with E-state index in [1.807, 2.05) is 24.3 Å². The van der Waals surface area contributed by atoms with Crippen LogP contribution in [0.3, 0.4) is 0 Å². The van der Waals surface area contributed by atoms with Gasteiger partial charge in [0.25, 0.3) is 5.56 Å². The second kappa shape index (κ2) is 9.35. The first kappa shape index (κ1) is 22.4. The lowest BCUT2D eigenvalue weighted by atomic mass is 9.96. The Kier molecular flexibility index (Phi) is 6.74. The Labute approximate surface area is 191 Å². The van der Waals surface area contributed by atoms with Gasteiger partial charge in [-0.3, -0.25) is 9.36 Å². The topological polar surface area (TPSA) is 53.4 Å². The van der Waals surface area contributed by atoms with Crippen molar-refractivity contribution in [3.63, 3.8) is 0 Å². The smallest absolute Gasteiger partial charge is 0.267 e. The van der Waals surface area contributed by atoms with E-state index in [1.165, 1.54) is 0 Å². The zero-order valence-corrected chi connectivity index (χ0v) is 20.4. The van der Waals surface area contributed by atoms with Crippen LogP contribution in [0.4, 0.5) is 0 Å². The molecular weight excluding hydrogens is 428 g/mol. The van der Waals surface area contributed by atoms with Crippen LogP contribution < -0.4 is 10.3 Å². The summed E-state index contributed by atoms with van der Waals surface area (Å²) in [5.74, 6) is 2.71. The zero-order valence-electron chi connectivity index (χ0n) is 18.8. The molecule has 1 aliphatic rings. The van der Waals surface area contributed by atoms with Crippen molar-refractivity contribution < 1.29 is 9.47 Å². The van der Waals surface area contributed by atoms with E-state index >= 15 is 0 Å². The third kappa shape index (κ3) is 4.54. The first-order chi connectivity index (χ1) is 14.9. The van der Waals surface area contributed by atoms with Gasteiger partial charge in [0.05, 0.1) is 30.9 Å². The fraction of sp³-hybridized carbons (Fsp3) is 0.500. The summed E-state index contributed by atoms with van der Waals surface area (Å²) in [6, 6.07) is 7.64. The van der Waals surface area contributed by atoms with Crippen LogP contribution in [0.2, 0.25) is 0 Å². The Morgan fingerprint density at radius 1 is 1.26 bits per heavy atom. The first-order valence-electron chi connectivity index (χ1n) is 10.8. The van der Waals surface area contributed by atoms with Gasteiger partial charge in [-0.2, -0.15) is 0 Å². The number of hydrogen-bond donors (Lipinski definition) is 0. The third-order valence-corrected chi connectivity index (χ3v) is 7.78. The minimum atomic E-state index is 0.0177. The summed E-state index contributed by atoms with van der Waals surface area (Å²) in [5, 5.41) is 1.52. The molecule has 0 radical (unpaired) electrons. The quantitative estimate of drug-likeness (QED) is 0.336. The molecule has 0 fully saturated rings. The summed E-state index contributed by atoms with van der Waals surface area (Å²) in [7, 11) is 1.65. The molecule has 7 heteroatoms. The minimum Gasteiger partial charge on any atom is -0.497 e. The van der Waals surface area contributed by atoms with Gasteiger partial charge in [0.1, 0.15) is 10.6 Å². The summed E-state index contributed by atoms with van der Waals surface area (Å²) < 4.78 is 13.1. The molecule has 0 bridgehead atoms. The van der Waals surface area contributed by atoms with E-state index in [-0.39, 0.29) is 11.7 Å². The number of ether oxygens (including phenoxy) is 2. The average molecular weight is 459 g/mol. The summed E-state index contributed by atoms with van der Waals surface area (Å²) in [4.78, 5) is 20.8. The van der Waals surface area contributed by atoms with Crippen LogP contribution in [-0.4, -0.2) is 28.5 Å². The number of benzene rings is 1. The molecule has 1 atom stereocenters. The fourth-order valence-electron chi connectivity index (χ4n) is 3.78. The predicted octanol–water partition coefficient (Wildman–Crippen LogP) is 5.69. The molecule has 0 amide bonds. The third-order valence-electron chi connectivity index (χ3n) is 5.71. The van der Waals surface area contributed by atoms with Gasteiger partial charge in [-0.15, -0.1) is 11.3 Å². The molecule has 166 valence electrons. The number of hydrogen-bond acceptors (Lipinski definition) is 6. The standard InChI is InChI=1S/C24H30N2O3S2/c1-14(2)10-11-30-24-25-22-21(18-12-19(15(3)4)29-13-20(18)31-22)23(27)26(24)16-6-8-17(28-5)9-7-16/h6-9,14-15,19H,10-13H2,1-5H3/t19-/m1/s1. The summed E-state index contributed by atoms with van der Waals surface area (Å²) >= 11 is 3.27. The minimum absolute atomic E-state index is 0.0177. The highest BCUT2D eigenvalue weighted by atomic mass is 32.2. The Hall–Kier alpha value is -1.83. The molecule has 1 aliphatic heterocycles. The van der Waals surface area contributed by atoms with Crippen molar-refractivity contribution in [2.24, 2.45) is 11.8 Å². The lowest BCUT2D eigenvalue weighted by molar-refractivity contribution is 0.00200. The van der Waals surface area contributed by atoms with Crippen molar-refractivity contribution in [1.82, 2.24) is 9.55 Å². The zero-order chi connectivity index (χ0) is 22.1. The molecule has 5 nitrogen and oxygen atoms in total. The SMILES string of the molecule is COc1ccc(-n2c(SCCC(C)C)nc3sc4c(c3c2=O)C[C@H](C(C)C)OC4)cc1. The second-order valence-electron chi connectivity index (χ2n) is 8.75. The van der Waals surface area contributed by atoms with Crippen LogP contribution in [-0.2, 0) is 17.8 Å². The van der Waals surface area contributed by atoms with Crippen molar-refractivity contribution in [2.75, 3.05) is 12.9 Å². The molecule has 0 spiro atoms. The fourth-order valence-corrected chi connectivity index (χ4v) is 6.19. The summed E-state index contributed by atoms with van der Waals surface area (Å²) in [6.45, 7) is 9.33. The number of thioether (sulfide) groups is 1. The highest BCUT2D eigenvalue weighted by molar-refractivity contribution is 7.99. The lowest BCUT2D eigenvalue weighted by Gasteiger charge is -2.26. The lowest BCUT2D eigenvalue weighted by Crippen LogP contribution is -2.28. The van der Waals surface area contributed by atoms with Crippen LogP contribution in [0.15, 0.2) is 34.2 Å². The molecular formula is C24H30N2O3S2. The molecule has 0 unspecified atom stereocenters. The van der Waals surface area contributed by atoms with Gasteiger partial charge < -0.3 is 9.47 Å². The van der Waals surface area contributed by atoms with E-state index in [0.717, 1.165) is 55.8 Å². The predicted molar refractivity (Wildman–Crippen MR) is 129 cm³/mol. The van der Waals surface area contributed by atoms with Gasteiger partial charge in [0, 0.05) is 17.1 Å².